The van der Waals surface area contributed by atoms with Crippen molar-refractivity contribution in [1.29, 1.82) is 0 Å². The normalized spacial score (nSPS) is 19.3. The van der Waals surface area contributed by atoms with E-state index in [0.717, 1.165) is 59.7 Å². The van der Waals surface area contributed by atoms with Gasteiger partial charge < -0.3 is 10.6 Å². The van der Waals surface area contributed by atoms with Crippen molar-refractivity contribution in [1.82, 2.24) is 20.8 Å². The second kappa shape index (κ2) is 12.6. The summed E-state index contributed by atoms with van der Waals surface area (Å²) in [6.45, 7) is 3.98. The van der Waals surface area contributed by atoms with Crippen LogP contribution >= 0.6 is 34.8 Å². The highest BCUT2D eigenvalue weighted by atomic mass is 35.5. The molecule has 1 unspecified atom stereocenters. The highest BCUT2D eigenvalue weighted by molar-refractivity contribution is 6.31. The molecule has 7 heteroatoms. The van der Waals surface area contributed by atoms with E-state index in [1.54, 1.807) is 0 Å². The van der Waals surface area contributed by atoms with Crippen LogP contribution in [0.15, 0.2) is 109 Å². The number of aromatic nitrogens is 2. The summed E-state index contributed by atoms with van der Waals surface area (Å²) in [6, 6.07) is 33.5. The molecule has 3 heterocycles. The molecular weight excluding hydrogens is 583 g/mol. The first-order valence-electron chi connectivity index (χ1n) is 14.3. The monoisotopic (exact) mass is 614 g/mol. The Labute approximate surface area is 262 Å². The number of hydrogen-bond donors (Lipinski definition) is 3. The molecule has 2 saturated heterocycles. The molecule has 0 saturated carbocycles. The smallest absolute Gasteiger partial charge is 0.0565 e. The predicted molar refractivity (Wildman–Crippen MR) is 175 cm³/mol. The first-order valence-corrected chi connectivity index (χ1v) is 15.4. The summed E-state index contributed by atoms with van der Waals surface area (Å²) in [5.41, 5.74) is 7.64. The van der Waals surface area contributed by atoms with E-state index in [1.807, 2.05) is 48.8 Å². The summed E-state index contributed by atoms with van der Waals surface area (Å²) in [5.74, 6) is 0. The van der Waals surface area contributed by atoms with Gasteiger partial charge in [-0.05, 0) is 90.1 Å². The fourth-order valence-electron chi connectivity index (χ4n) is 6.40. The number of rotatable bonds is 5. The summed E-state index contributed by atoms with van der Waals surface area (Å²) in [6.07, 6.45) is 5.96. The molecule has 214 valence electrons. The molecule has 0 spiro atoms. The van der Waals surface area contributed by atoms with Crippen LogP contribution in [0, 0.1) is 0 Å². The maximum atomic E-state index is 6.06. The zero-order valence-corrected chi connectivity index (χ0v) is 25.5. The van der Waals surface area contributed by atoms with Gasteiger partial charge in [0.2, 0.25) is 0 Å². The minimum absolute atomic E-state index is 0.0273. The Morgan fingerprint density at radius 1 is 0.500 bits per heavy atom. The molecule has 2 aliphatic rings. The van der Waals surface area contributed by atoms with Gasteiger partial charge in [0.05, 0.1) is 6.20 Å². The lowest BCUT2D eigenvalue weighted by Crippen LogP contribution is -2.30. The van der Waals surface area contributed by atoms with E-state index < -0.39 is 0 Å². The Morgan fingerprint density at radius 3 is 1.19 bits per heavy atom. The van der Waals surface area contributed by atoms with Gasteiger partial charge in [-0.25, -0.2) is 0 Å². The maximum absolute atomic E-state index is 6.06. The first kappa shape index (κ1) is 29.0. The third-order valence-corrected chi connectivity index (χ3v) is 9.53. The quantitative estimate of drug-likeness (QED) is 0.187. The van der Waals surface area contributed by atoms with Gasteiger partial charge in [-0.2, -0.15) is 5.10 Å². The largest absolute Gasteiger partial charge is 0.315 e. The van der Waals surface area contributed by atoms with Gasteiger partial charge in [0.25, 0.3) is 0 Å². The first-order chi connectivity index (χ1) is 20.5. The highest BCUT2D eigenvalue weighted by Crippen LogP contribution is 2.40. The van der Waals surface area contributed by atoms with Gasteiger partial charge in [-0.15, -0.1) is 0 Å². The number of halogens is 3. The van der Waals surface area contributed by atoms with Crippen LogP contribution in [0.5, 0.6) is 0 Å². The van der Waals surface area contributed by atoms with Crippen molar-refractivity contribution in [3.8, 4) is 11.1 Å². The van der Waals surface area contributed by atoms with E-state index in [2.05, 4.69) is 81.5 Å². The molecule has 42 heavy (non-hydrogen) atoms. The molecule has 7 rings (SSSR count). The summed E-state index contributed by atoms with van der Waals surface area (Å²) in [4.78, 5) is 0. The summed E-state index contributed by atoms with van der Waals surface area (Å²) >= 11 is 18.1. The molecule has 4 aromatic carbocycles. The van der Waals surface area contributed by atoms with Crippen LogP contribution in [-0.4, -0.2) is 36.4 Å². The van der Waals surface area contributed by atoms with E-state index in [0.29, 0.717) is 0 Å². The number of nitrogens with zero attached hydrogens (tertiary/aromatic N) is 1. The summed E-state index contributed by atoms with van der Waals surface area (Å²) in [5, 5.41) is 16.2. The highest BCUT2D eigenvalue weighted by Gasteiger charge is 2.38. The Kier molecular flexibility index (Phi) is 8.71. The van der Waals surface area contributed by atoms with Crippen LogP contribution < -0.4 is 10.6 Å². The Morgan fingerprint density at radius 2 is 0.881 bits per heavy atom. The number of H-pyrrole nitrogens is 1. The zero-order chi connectivity index (χ0) is 29.0. The second-order valence-electron chi connectivity index (χ2n) is 11.1. The molecule has 4 nitrogen and oxygen atoms in total. The Hall–Kier alpha value is -3.12. The van der Waals surface area contributed by atoms with E-state index >= 15 is 0 Å². The van der Waals surface area contributed by atoms with Crippen LogP contribution in [0.2, 0.25) is 15.1 Å². The zero-order valence-electron chi connectivity index (χ0n) is 23.2. The molecule has 0 amide bonds. The van der Waals surface area contributed by atoms with Gasteiger partial charge in [0.15, 0.2) is 0 Å². The van der Waals surface area contributed by atoms with Gasteiger partial charge in [-0.3, -0.25) is 5.10 Å². The van der Waals surface area contributed by atoms with E-state index in [4.69, 9.17) is 34.8 Å². The lowest BCUT2D eigenvalue weighted by atomic mass is 9.73. The molecule has 2 fully saturated rings. The van der Waals surface area contributed by atoms with Crippen LogP contribution in [0.25, 0.3) is 11.1 Å². The molecule has 0 radical (unpaired) electrons. The Balaban J connectivity index is 0.000000153. The van der Waals surface area contributed by atoms with Crippen LogP contribution in [-0.2, 0) is 10.8 Å². The van der Waals surface area contributed by atoms with E-state index in [-0.39, 0.29) is 10.8 Å². The van der Waals surface area contributed by atoms with Gasteiger partial charge in [-0.1, -0.05) is 95.5 Å². The summed E-state index contributed by atoms with van der Waals surface area (Å²) in [7, 11) is 0. The van der Waals surface area contributed by atoms with Crippen LogP contribution in [0.3, 0.4) is 0 Å². The molecule has 3 N–H and O–H groups in total. The van der Waals surface area contributed by atoms with Gasteiger partial charge >= 0.3 is 0 Å². The number of aromatic amines is 1. The van der Waals surface area contributed by atoms with Crippen molar-refractivity contribution in [3.05, 3.63) is 147 Å². The third kappa shape index (κ3) is 5.88. The standard InChI is InChI=1S/C19H18ClN3.C16H15Cl2N/c20-18-7-5-17(6-8-18)19(9-10-21-13-19)16-3-1-14(2-4-16)15-11-22-23-12-15;17-14-5-1-12(2-6-14)16(9-10-19-11-16)13-3-7-15(18)8-4-13/h1-8,11-12,21H,9-10,13H2,(H,22,23);1-8,19H,9-11H2. The topological polar surface area (TPSA) is 52.7 Å². The van der Waals surface area contributed by atoms with E-state index in [1.165, 1.54) is 27.8 Å². The molecule has 2 aliphatic heterocycles. The van der Waals surface area contributed by atoms with Crippen LogP contribution in [0.1, 0.15) is 35.1 Å². The lowest BCUT2D eigenvalue weighted by molar-refractivity contribution is 0.570. The van der Waals surface area contributed by atoms with Crippen molar-refractivity contribution in [2.75, 3.05) is 26.2 Å². The number of hydrogen-bond acceptors (Lipinski definition) is 3. The second-order valence-corrected chi connectivity index (χ2v) is 12.4. The van der Waals surface area contributed by atoms with Gasteiger partial charge in [0.1, 0.15) is 0 Å². The predicted octanol–water partition coefficient (Wildman–Crippen LogP) is 8.28. The maximum Gasteiger partial charge on any atom is 0.0565 e. The molecule has 5 aromatic rings. The summed E-state index contributed by atoms with van der Waals surface area (Å²) < 4.78 is 0. The van der Waals surface area contributed by atoms with Gasteiger partial charge in [0, 0.05) is 50.7 Å². The molecule has 1 aromatic heterocycles. The molecule has 0 bridgehead atoms. The third-order valence-electron chi connectivity index (χ3n) is 8.77. The average molecular weight is 616 g/mol. The van der Waals surface area contributed by atoms with Crippen molar-refractivity contribution in [3.63, 3.8) is 0 Å². The fourth-order valence-corrected chi connectivity index (χ4v) is 6.78. The van der Waals surface area contributed by atoms with Crippen LogP contribution in [0.4, 0.5) is 0 Å². The van der Waals surface area contributed by atoms with E-state index in [9.17, 15) is 0 Å². The van der Waals surface area contributed by atoms with Crippen molar-refractivity contribution in [2.24, 2.45) is 0 Å². The molecule has 1 atom stereocenters. The molecule has 0 aliphatic carbocycles. The number of nitrogens with one attached hydrogen (secondary N) is 3. The minimum atomic E-state index is 0.0273. The molecular formula is C35H33Cl3N4. The van der Waals surface area contributed by atoms with Crippen molar-refractivity contribution in [2.45, 2.75) is 23.7 Å². The minimum Gasteiger partial charge on any atom is -0.315 e. The average Bonchev–Trinajstić information content (AvgIpc) is 3.82. The SMILES string of the molecule is Clc1ccc(C2(c3ccc(-c4cn[nH]c4)cc3)CCNC2)cc1.Clc1ccc(C2(c3ccc(Cl)cc3)CCNC2)cc1. The lowest BCUT2D eigenvalue weighted by Gasteiger charge is -2.30. The van der Waals surface area contributed by atoms with Crippen molar-refractivity contribution >= 4 is 34.8 Å². The Bertz CT molecular complexity index is 1520. The number of benzene rings is 4. The fraction of sp³-hybridized carbons (Fsp3) is 0.229. The van der Waals surface area contributed by atoms with Crippen molar-refractivity contribution < 1.29 is 0 Å².